The maximum Gasteiger partial charge on any atom is 0.152 e. The fraction of sp³-hybridized carbons (Fsp3) is 0.417. The highest BCUT2D eigenvalue weighted by Crippen LogP contribution is 2.25. The molecule has 1 aromatic carbocycles. The monoisotopic (exact) mass is 193 g/mol. The first-order valence-corrected chi connectivity index (χ1v) is 5.12. The molecule has 0 bridgehead atoms. The molecule has 1 aliphatic heterocycles. The molecule has 1 aliphatic rings. The molecule has 2 heteroatoms. The second-order valence-electron chi connectivity index (χ2n) is 3.17. The molecule has 0 amide bonds. The zero-order valence-electron chi connectivity index (χ0n) is 9.00. The van der Waals surface area contributed by atoms with Gasteiger partial charge >= 0.3 is 0 Å². The number of hydrogen-bond acceptors (Lipinski definition) is 2. The third-order valence-electron chi connectivity index (χ3n) is 2.26. The Labute approximate surface area is 86.8 Å². The third-order valence-corrected chi connectivity index (χ3v) is 2.26. The second-order valence-corrected chi connectivity index (χ2v) is 3.17. The molecule has 2 nitrogen and oxygen atoms in total. The van der Waals surface area contributed by atoms with E-state index in [0.29, 0.717) is 0 Å². The summed E-state index contributed by atoms with van der Waals surface area (Å²) < 4.78 is 0. The average molecular weight is 193 g/mol. The van der Waals surface area contributed by atoms with E-state index >= 15 is 0 Å². The number of carbonyl (C=O) groups is 1. The van der Waals surface area contributed by atoms with Crippen molar-refractivity contribution in [1.82, 2.24) is 0 Å². The highest BCUT2D eigenvalue weighted by molar-refractivity contribution is 5.87. The summed E-state index contributed by atoms with van der Waals surface area (Å²) in [5.41, 5.74) is 2.36. The Morgan fingerprint density at radius 2 is 2.07 bits per heavy atom. The van der Waals surface area contributed by atoms with E-state index in [0.717, 1.165) is 12.1 Å². The zero-order valence-corrected chi connectivity index (χ0v) is 9.00. The van der Waals surface area contributed by atoms with E-state index < -0.39 is 0 Å². The highest BCUT2D eigenvalue weighted by atomic mass is 16.1. The second kappa shape index (κ2) is 4.80. The summed E-state index contributed by atoms with van der Waals surface area (Å²) in [6.45, 7) is 5.63. The van der Waals surface area contributed by atoms with Crippen LogP contribution >= 0.6 is 0 Å². The Hall–Kier alpha value is -1.31. The number of rotatable bonds is 1. The van der Waals surface area contributed by atoms with Crippen LogP contribution in [0.4, 0.5) is 5.69 Å². The van der Waals surface area contributed by atoms with Gasteiger partial charge in [-0.05, 0) is 18.6 Å². The van der Waals surface area contributed by atoms with E-state index in [1.54, 1.807) is 6.92 Å². The summed E-state index contributed by atoms with van der Waals surface area (Å²) in [4.78, 5) is 11.1. The molecule has 0 spiro atoms. The lowest BCUT2D eigenvalue weighted by atomic mass is 10.1. The van der Waals surface area contributed by atoms with E-state index in [9.17, 15) is 4.79 Å². The van der Waals surface area contributed by atoms with Crippen LogP contribution in [-0.4, -0.2) is 11.8 Å². The first kappa shape index (κ1) is 10.8. The first-order valence-electron chi connectivity index (χ1n) is 5.12. The molecule has 1 N–H and O–H groups in total. The van der Waals surface area contributed by atoms with Crippen LogP contribution in [0.25, 0.3) is 0 Å². The average Bonchev–Trinajstić information content (AvgIpc) is 2.64. The van der Waals surface area contributed by atoms with Gasteiger partial charge in [-0.2, -0.15) is 0 Å². The van der Waals surface area contributed by atoms with Crippen molar-refractivity contribution in [3.8, 4) is 0 Å². The van der Waals surface area contributed by atoms with Gasteiger partial charge < -0.3 is 5.32 Å². The maximum atomic E-state index is 11.1. The number of Topliss-reactive ketones (excluding diaryl/α,β-unsaturated/α-hetero) is 1. The number of nitrogens with one attached hydrogen (secondary N) is 1. The summed E-state index contributed by atoms with van der Waals surface area (Å²) in [5, 5.41) is 3.18. The van der Waals surface area contributed by atoms with Crippen LogP contribution in [0, 0.1) is 0 Å². The molecule has 78 valence electrons. The standard InChI is InChI=1S/C10H11NO.C2H6.H2/c1-7(12)10-6-8-4-2-3-5-9(8)11-10;1-2;/h2-5,10-11H,6H2,1H3;1-2H3;1H. The Balaban J connectivity index is 0.000000617. The van der Waals surface area contributed by atoms with Crippen molar-refractivity contribution in [1.29, 1.82) is 0 Å². The van der Waals surface area contributed by atoms with Crippen molar-refractivity contribution >= 4 is 11.5 Å². The maximum absolute atomic E-state index is 11.1. The van der Waals surface area contributed by atoms with Crippen LogP contribution in [0.1, 0.15) is 27.8 Å². The molecule has 0 saturated carbocycles. The minimum absolute atomic E-state index is 0. The predicted molar refractivity (Wildman–Crippen MR) is 61.7 cm³/mol. The number of para-hydroxylation sites is 1. The smallest absolute Gasteiger partial charge is 0.152 e. The fourth-order valence-corrected chi connectivity index (χ4v) is 1.54. The quantitative estimate of drug-likeness (QED) is 0.743. The van der Waals surface area contributed by atoms with E-state index in [-0.39, 0.29) is 13.3 Å². The van der Waals surface area contributed by atoms with Crippen molar-refractivity contribution in [2.75, 3.05) is 5.32 Å². The van der Waals surface area contributed by atoms with Crippen LogP contribution in [0.3, 0.4) is 0 Å². The van der Waals surface area contributed by atoms with Crippen LogP contribution < -0.4 is 5.32 Å². The molecule has 0 aromatic heterocycles. The van der Waals surface area contributed by atoms with Crippen molar-refractivity contribution in [2.45, 2.75) is 33.2 Å². The molecular formula is C12H19NO. The van der Waals surface area contributed by atoms with E-state index in [2.05, 4.69) is 11.4 Å². The van der Waals surface area contributed by atoms with Gasteiger partial charge in [0.05, 0.1) is 6.04 Å². The van der Waals surface area contributed by atoms with Gasteiger partial charge in [-0.25, -0.2) is 0 Å². The molecule has 0 aliphatic carbocycles. The van der Waals surface area contributed by atoms with E-state index in [1.165, 1.54) is 5.56 Å². The number of hydrogen-bond donors (Lipinski definition) is 1. The molecule has 2 rings (SSSR count). The van der Waals surface area contributed by atoms with Gasteiger partial charge in [0, 0.05) is 13.5 Å². The Bertz CT molecular complexity index is 300. The summed E-state index contributed by atoms with van der Waals surface area (Å²) in [6.07, 6.45) is 0.839. The molecule has 0 saturated heterocycles. The number of anilines is 1. The third kappa shape index (κ3) is 2.13. The minimum Gasteiger partial charge on any atom is -0.375 e. The van der Waals surface area contributed by atoms with Gasteiger partial charge in [0.25, 0.3) is 0 Å². The lowest BCUT2D eigenvalue weighted by Gasteiger charge is -2.04. The molecule has 0 fully saturated rings. The van der Waals surface area contributed by atoms with Crippen molar-refractivity contribution in [3.05, 3.63) is 29.8 Å². The number of benzene rings is 1. The number of ketones is 1. The predicted octanol–water partition coefficient (Wildman–Crippen LogP) is 2.88. The Morgan fingerprint density at radius 3 is 2.64 bits per heavy atom. The van der Waals surface area contributed by atoms with Crippen LogP contribution in [0.15, 0.2) is 24.3 Å². The lowest BCUT2D eigenvalue weighted by molar-refractivity contribution is -0.117. The summed E-state index contributed by atoms with van der Waals surface area (Å²) >= 11 is 0. The molecule has 1 unspecified atom stereocenters. The molecule has 14 heavy (non-hydrogen) atoms. The zero-order chi connectivity index (χ0) is 10.6. The Morgan fingerprint density at radius 1 is 1.43 bits per heavy atom. The van der Waals surface area contributed by atoms with Gasteiger partial charge in [0.2, 0.25) is 0 Å². The van der Waals surface area contributed by atoms with Crippen molar-refractivity contribution in [2.24, 2.45) is 0 Å². The topological polar surface area (TPSA) is 29.1 Å². The van der Waals surface area contributed by atoms with Gasteiger partial charge in [-0.1, -0.05) is 32.0 Å². The Kier molecular flexibility index (Phi) is 3.69. The van der Waals surface area contributed by atoms with Gasteiger partial charge in [0.1, 0.15) is 0 Å². The fourth-order valence-electron chi connectivity index (χ4n) is 1.54. The summed E-state index contributed by atoms with van der Waals surface area (Å²) in [5.74, 6) is 0.214. The SMILES string of the molecule is CC.CC(=O)C1Cc2ccccc2N1.[HH]. The summed E-state index contributed by atoms with van der Waals surface area (Å²) in [6, 6.07) is 8.06. The number of carbonyl (C=O) groups excluding carboxylic acids is 1. The van der Waals surface area contributed by atoms with E-state index in [4.69, 9.17) is 0 Å². The first-order chi connectivity index (χ1) is 6.77. The molecule has 1 heterocycles. The number of fused-ring (bicyclic) bond motifs is 1. The lowest BCUT2D eigenvalue weighted by Crippen LogP contribution is -2.23. The molecular weight excluding hydrogens is 174 g/mol. The normalized spacial score (nSPS) is 17.5. The van der Waals surface area contributed by atoms with Gasteiger partial charge in [-0.15, -0.1) is 0 Å². The van der Waals surface area contributed by atoms with Crippen LogP contribution in [0.2, 0.25) is 0 Å². The largest absolute Gasteiger partial charge is 0.375 e. The minimum atomic E-state index is 0. The van der Waals surface area contributed by atoms with Crippen molar-refractivity contribution < 1.29 is 6.22 Å². The van der Waals surface area contributed by atoms with Crippen LogP contribution in [0.5, 0.6) is 0 Å². The van der Waals surface area contributed by atoms with Gasteiger partial charge in [-0.3, -0.25) is 4.79 Å². The van der Waals surface area contributed by atoms with Gasteiger partial charge in [0.15, 0.2) is 5.78 Å². The molecule has 1 atom stereocenters. The molecule has 1 aromatic rings. The van der Waals surface area contributed by atoms with E-state index in [1.807, 2.05) is 32.0 Å². The van der Waals surface area contributed by atoms with Crippen molar-refractivity contribution in [3.63, 3.8) is 0 Å². The highest BCUT2D eigenvalue weighted by Gasteiger charge is 2.22. The van der Waals surface area contributed by atoms with Crippen LogP contribution in [-0.2, 0) is 11.2 Å². The molecule has 0 radical (unpaired) electrons. The summed E-state index contributed by atoms with van der Waals surface area (Å²) in [7, 11) is 0.